The molecular formula is C59H81N7O14Si. The van der Waals surface area contributed by atoms with Crippen LogP contribution in [0.25, 0.3) is 5.57 Å². The van der Waals surface area contributed by atoms with Crippen molar-refractivity contribution >= 4 is 72.5 Å². The average molecular weight is 1140 g/mol. The van der Waals surface area contributed by atoms with Crippen LogP contribution in [0.3, 0.4) is 0 Å². The number of anilines is 3. The van der Waals surface area contributed by atoms with Crippen LogP contribution in [-0.2, 0) is 28.3 Å². The molecule has 21 nitrogen and oxygen atoms in total. The van der Waals surface area contributed by atoms with Gasteiger partial charge in [0.25, 0.3) is 11.8 Å². The number of ether oxygens (including phenoxy) is 5. The van der Waals surface area contributed by atoms with Gasteiger partial charge in [0, 0.05) is 37.0 Å². The molecule has 440 valence electrons. The van der Waals surface area contributed by atoms with E-state index in [1.54, 1.807) is 87.0 Å². The second kappa shape index (κ2) is 25.3. The maximum Gasteiger partial charge on any atom is 0.417 e. The van der Waals surface area contributed by atoms with Crippen LogP contribution in [-0.4, -0.2) is 141 Å². The number of unbranched alkanes of at least 4 members (excludes halogenated alkanes) is 2. The number of rotatable bonds is 21. The van der Waals surface area contributed by atoms with Gasteiger partial charge in [0.2, 0.25) is 23.6 Å². The Morgan fingerprint density at radius 2 is 1.43 bits per heavy atom. The highest BCUT2D eigenvalue weighted by Crippen LogP contribution is 2.47. The number of methoxy groups -OCH3 is 2. The van der Waals surface area contributed by atoms with Gasteiger partial charge >= 0.3 is 6.09 Å². The summed E-state index contributed by atoms with van der Waals surface area (Å²) in [6.45, 7) is 21.6. The third-order valence-corrected chi connectivity index (χ3v) is 19.7. The molecule has 81 heavy (non-hydrogen) atoms. The Morgan fingerprint density at radius 3 is 2.02 bits per heavy atom. The summed E-state index contributed by atoms with van der Waals surface area (Å²) in [6, 6.07) is 10.5. The summed E-state index contributed by atoms with van der Waals surface area (Å²) >= 11 is 0. The van der Waals surface area contributed by atoms with Gasteiger partial charge in [-0.2, -0.15) is 0 Å². The van der Waals surface area contributed by atoms with Crippen molar-refractivity contribution in [2.24, 2.45) is 5.92 Å². The molecule has 0 aliphatic carbocycles. The summed E-state index contributed by atoms with van der Waals surface area (Å²) in [5.41, 5.74) is 2.17. The van der Waals surface area contributed by atoms with Gasteiger partial charge in [-0.15, -0.1) is 0 Å². The molecule has 3 aromatic rings. The number of nitrogens with one attached hydrogen (secondary N) is 4. The Balaban J connectivity index is 1.09. The Labute approximate surface area is 475 Å². The number of carbonyl (C=O) groups excluding carboxylic acids is 7. The molecule has 1 fully saturated rings. The van der Waals surface area contributed by atoms with E-state index in [0.717, 1.165) is 17.6 Å². The van der Waals surface area contributed by atoms with Crippen LogP contribution in [0, 0.1) is 5.92 Å². The Bertz CT molecular complexity index is 2900. The lowest BCUT2D eigenvalue weighted by Gasteiger charge is -2.44. The van der Waals surface area contributed by atoms with Gasteiger partial charge in [0.15, 0.2) is 37.5 Å². The van der Waals surface area contributed by atoms with Crippen molar-refractivity contribution in [3.8, 4) is 23.0 Å². The van der Waals surface area contributed by atoms with Gasteiger partial charge in [-0.05, 0) is 126 Å². The lowest BCUT2D eigenvalue weighted by atomic mass is 10.0. The van der Waals surface area contributed by atoms with Gasteiger partial charge in [-0.25, -0.2) is 9.69 Å². The highest BCUT2D eigenvalue weighted by Gasteiger charge is 2.51. The molecule has 0 bridgehead atoms. The molecule has 3 aromatic carbocycles. The smallest absolute Gasteiger partial charge is 0.417 e. The molecule has 7 amide bonds. The normalized spacial score (nSPS) is 18.7. The summed E-state index contributed by atoms with van der Waals surface area (Å²) in [4.78, 5) is 99.8. The summed E-state index contributed by atoms with van der Waals surface area (Å²) in [7, 11) is 0.228. The molecule has 4 heterocycles. The van der Waals surface area contributed by atoms with Crippen LogP contribution in [0.5, 0.6) is 23.0 Å². The zero-order chi connectivity index (χ0) is 59.3. The van der Waals surface area contributed by atoms with Crippen molar-refractivity contribution in [3.05, 3.63) is 71.4 Å². The first kappa shape index (κ1) is 61.4. The first-order valence-corrected chi connectivity index (χ1v) is 30.7. The molecule has 5 atom stereocenters. The van der Waals surface area contributed by atoms with Gasteiger partial charge in [0.1, 0.15) is 23.7 Å². The number of carbonyl (C=O) groups is 7. The van der Waals surface area contributed by atoms with Gasteiger partial charge < -0.3 is 64.3 Å². The predicted molar refractivity (Wildman–Crippen MR) is 308 cm³/mol. The molecule has 0 saturated carbocycles. The second-order valence-corrected chi connectivity index (χ2v) is 28.5. The van der Waals surface area contributed by atoms with Gasteiger partial charge in [-0.1, -0.05) is 46.8 Å². The van der Waals surface area contributed by atoms with E-state index in [4.69, 9.17) is 33.2 Å². The highest BCUT2D eigenvalue weighted by atomic mass is 28.4. The topological polar surface area (TPSA) is 253 Å². The third-order valence-electron chi connectivity index (χ3n) is 15.3. The van der Waals surface area contributed by atoms with Crippen molar-refractivity contribution < 1.29 is 66.8 Å². The number of aliphatic hydroxyl groups excluding tert-OH is 1. The molecule has 0 radical (unpaired) electrons. The quantitative estimate of drug-likeness (QED) is 0.0498. The third kappa shape index (κ3) is 14.1. The van der Waals surface area contributed by atoms with Crippen LogP contribution < -0.4 is 45.1 Å². The number of benzene rings is 3. The average Bonchev–Trinajstić information content (AvgIpc) is 4.08. The number of hydrogen-bond donors (Lipinski definition) is 5. The van der Waals surface area contributed by atoms with Crippen LogP contribution in [0.2, 0.25) is 18.1 Å². The zero-order valence-corrected chi connectivity index (χ0v) is 50.0. The van der Waals surface area contributed by atoms with Crippen LogP contribution in [0.4, 0.5) is 21.9 Å². The first-order valence-electron chi connectivity index (χ1n) is 27.8. The van der Waals surface area contributed by atoms with E-state index in [1.165, 1.54) is 26.0 Å². The molecule has 0 aromatic heterocycles. The number of hydrogen-bond acceptors (Lipinski definition) is 14. The van der Waals surface area contributed by atoms with Crippen LogP contribution in [0.15, 0.2) is 54.7 Å². The molecule has 4 aliphatic rings. The monoisotopic (exact) mass is 1140 g/mol. The van der Waals surface area contributed by atoms with E-state index in [-0.39, 0.29) is 65.8 Å². The highest BCUT2D eigenvalue weighted by molar-refractivity contribution is 6.74. The van der Waals surface area contributed by atoms with Crippen molar-refractivity contribution in [2.45, 2.75) is 161 Å². The summed E-state index contributed by atoms with van der Waals surface area (Å²) in [6.07, 6.45) is 3.44. The molecular weight excluding hydrogens is 1060 g/mol. The maximum atomic E-state index is 15.2. The van der Waals surface area contributed by atoms with Crippen molar-refractivity contribution in [3.63, 3.8) is 0 Å². The summed E-state index contributed by atoms with van der Waals surface area (Å²) in [5, 5.41) is 19.9. The molecule has 22 heteroatoms. The van der Waals surface area contributed by atoms with E-state index in [1.807, 2.05) is 12.1 Å². The lowest BCUT2D eigenvalue weighted by molar-refractivity contribution is -0.132. The fourth-order valence-corrected chi connectivity index (χ4v) is 11.0. The van der Waals surface area contributed by atoms with E-state index < -0.39 is 74.0 Å². The van der Waals surface area contributed by atoms with E-state index in [2.05, 4.69) is 55.1 Å². The number of fused-ring (bicyclic) bond motifs is 4. The van der Waals surface area contributed by atoms with Crippen LogP contribution >= 0.6 is 0 Å². The SMILES string of the molecule is COc1cc2c(cc1OCCCCCOc1cc3c(cc1OC)C(=O)N1C=C(c4ccc(NC(=O)[C@H](C)NC(=O)[C@@H](NC(=O)CCO)C(C)C)cc4)C[C@H]1[C@H](O[Si](C)(C)C(C)(C)C)N3C(=O)OC(C)(C)C)NC(=O)[C@@H]1CCCN1C2=O. The molecule has 1 saturated heterocycles. The standard InChI is InChI=1S/C59H81N7O14Si/c1-34(2)50(63-49(68)23-25-67)53(71)60-35(3)51(69)61-38-21-19-36(20-22-38)37-28-44-56(80-81(12,13)59(7,8)9)66(57(74)79-58(4,5)6)43-32-48(46(76-11)30-40(43)55(73)65(44)33-37)78-27-16-14-15-26-77-47-31-41-39(29-45(47)75-10)54(72)64-24-17-18-42(64)52(70)62-41/h19-22,29-35,42,44,50,56,67H,14-18,23-28H2,1-13H3,(H,60,71)(H,61,69)(H,62,70)(H,63,68)/t35-,42-,44-,50-,56-/m0/s1. The summed E-state index contributed by atoms with van der Waals surface area (Å²) in [5.74, 6) is -1.27. The fraction of sp³-hybridized carbons (Fsp3) is 0.542. The van der Waals surface area contributed by atoms with E-state index in [0.29, 0.717) is 73.0 Å². The zero-order valence-electron chi connectivity index (χ0n) is 49.0. The van der Waals surface area contributed by atoms with Crippen molar-refractivity contribution in [1.29, 1.82) is 0 Å². The largest absolute Gasteiger partial charge is 0.493 e. The van der Waals surface area contributed by atoms with Crippen molar-refractivity contribution in [1.82, 2.24) is 20.4 Å². The number of amides is 7. The number of nitrogens with zero attached hydrogens (tertiary/aromatic N) is 3. The molecule has 7 rings (SSSR count). The molecule has 0 unspecified atom stereocenters. The molecule has 0 spiro atoms. The first-order chi connectivity index (χ1) is 38.2. The summed E-state index contributed by atoms with van der Waals surface area (Å²) < 4.78 is 37.5. The van der Waals surface area contributed by atoms with E-state index in [9.17, 15) is 28.8 Å². The second-order valence-electron chi connectivity index (χ2n) is 23.8. The minimum absolute atomic E-state index is 0.153. The van der Waals surface area contributed by atoms with Crippen LogP contribution in [0.1, 0.15) is 134 Å². The number of aliphatic hydroxyl groups is 1. The van der Waals surface area contributed by atoms with Gasteiger partial charge in [0.05, 0.1) is 62.6 Å². The maximum absolute atomic E-state index is 15.2. The Hall–Kier alpha value is -7.17. The van der Waals surface area contributed by atoms with Gasteiger partial charge in [-0.3, -0.25) is 28.8 Å². The van der Waals surface area contributed by atoms with Crippen molar-refractivity contribution in [2.75, 3.05) is 56.1 Å². The Kier molecular flexibility index (Phi) is 19.2. The minimum Gasteiger partial charge on any atom is -0.493 e. The lowest BCUT2D eigenvalue weighted by Crippen LogP contribution is -2.58. The molecule has 5 N–H and O–H groups in total. The molecule has 4 aliphatic heterocycles. The van der Waals surface area contributed by atoms with E-state index >= 15 is 4.79 Å². The predicted octanol–water partition coefficient (Wildman–Crippen LogP) is 8.21. The Morgan fingerprint density at radius 1 is 0.802 bits per heavy atom. The fourth-order valence-electron chi connectivity index (χ4n) is 9.82. The minimum atomic E-state index is -2.76.